The molecule has 3 nitrogen and oxygen atoms in total. The number of aliphatic hydroxyl groups excluding tert-OH is 1. The minimum Gasteiger partial charge on any atom is -0.389 e. The fourth-order valence-electron chi connectivity index (χ4n) is 5.75. The van der Waals surface area contributed by atoms with E-state index in [9.17, 15) is 5.11 Å². The van der Waals surface area contributed by atoms with Crippen LogP contribution in [0.15, 0.2) is 24.3 Å². The molecular weight excluding hydrogens is 276 g/mol. The van der Waals surface area contributed by atoms with E-state index in [1.807, 2.05) is 6.08 Å². The quantitative estimate of drug-likeness (QED) is 0.754. The lowest BCUT2D eigenvalue weighted by molar-refractivity contribution is -0.213. The molecule has 0 unspecified atom stereocenters. The fraction of sp³-hybridized carbons (Fsp3) is 0.789. The second kappa shape index (κ2) is 4.46. The van der Waals surface area contributed by atoms with Gasteiger partial charge in [0.25, 0.3) is 0 Å². The Morgan fingerprint density at radius 1 is 1.36 bits per heavy atom. The Kier molecular flexibility index (Phi) is 3.03. The maximum Gasteiger partial charge on any atom is 0.159 e. The van der Waals surface area contributed by atoms with E-state index in [4.69, 9.17) is 9.47 Å². The van der Waals surface area contributed by atoms with Crippen molar-refractivity contribution in [1.29, 1.82) is 0 Å². The molecule has 2 saturated heterocycles. The van der Waals surface area contributed by atoms with E-state index in [0.717, 1.165) is 25.7 Å². The molecule has 3 fully saturated rings. The predicted molar refractivity (Wildman–Crippen MR) is 85.2 cm³/mol. The van der Waals surface area contributed by atoms with Crippen LogP contribution in [0.25, 0.3) is 0 Å². The molecule has 1 saturated carbocycles. The normalized spacial score (nSPS) is 56.8. The van der Waals surface area contributed by atoms with Gasteiger partial charge < -0.3 is 14.6 Å². The van der Waals surface area contributed by atoms with Gasteiger partial charge in [0, 0.05) is 11.8 Å². The van der Waals surface area contributed by atoms with E-state index in [2.05, 4.69) is 33.4 Å². The fourth-order valence-corrected chi connectivity index (χ4v) is 5.75. The molecular formula is C19H28O3. The average Bonchev–Trinajstić information content (AvgIpc) is 2.80. The Morgan fingerprint density at radius 2 is 2.14 bits per heavy atom. The number of hydrogen-bond donors (Lipinski definition) is 1. The van der Waals surface area contributed by atoms with Crippen LogP contribution in [0, 0.1) is 22.7 Å². The largest absolute Gasteiger partial charge is 0.389 e. The second-order valence-corrected chi connectivity index (χ2v) is 8.63. The Morgan fingerprint density at radius 3 is 2.86 bits per heavy atom. The van der Waals surface area contributed by atoms with E-state index >= 15 is 0 Å². The zero-order valence-electron chi connectivity index (χ0n) is 14.0. The number of rotatable bonds is 1. The summed E-state index contributed by atoms with van der Waals surface area (Å²) in [5.74, 6) is 0.811. The first kappa shape index (κ1) is 14.9. The Hall–Kier alpha value is -0.640. The highest BCUT2D eigenvalue weighted by molar-refractivity contribution is 5.30. The molecule has 2 aliphatic heterocycles. The topological polar surface area (TPSA) is 38.7 Å². The van der Waals surface area contributed by atoms with Crippen molar-refractivity contribution in [2.24, 2.45) is 22.7 Å². The summed E-state index contributed by atoms with van der Waals surface area (Å²) in [7, 11) is 0. The van der Waals surface area contributed by atoms with E-state index in [1.54, 1.807) is 0 Å². The molecule has 2 aliphatic carbocycles. The highest BCUT2D eigenvalue weighted by Gasteiger charge is 2.63. The van der Waals surface area contributed by atoms with E-state index in [0.29, 0.717) is 18.4 Å². The van der Waals surface area contributed by atoms with Crippen LogP contribution in [0.1, 0.15) is 46.5 Å². The van der Waals surface area contributed by atoms with Gasteiger partial charge in [-0.25, -0.2) is 0 Å². The molecule has 0 radical (unpaired) electrons. The Bertz CT molecular complexity index is 541. The molecule has 2 bridgehead atoms. The third-order valence-corrected chi connectivity index (χ3v) is 7.07. The van der Waals surface area contributed by atoms with E-state index in [-0.39, 0.29) is 28.8 Å². The van der Waals surface area contributed by atoms with Crippen molar-refractivity contribution >= 4 is 0 Å². The van der Waals surface area contributed by atoms with E-state index in [1.165, 1.54) is 5.57 Å². The monoisotopic (exact) mass is 304 g/mol. The van der Waals surface area contributed by atoms with Crippen LogP contribution in [0.4, 0.5) is 0 Å². The minimum absolute atomic E-state index is 0.0283. The summed E-state index contributed by atoms with van der Waals surface area (Å²) in [4.78, 5) is 0. The van der Waals surface area contributed by atoms with Gasteiger partial charge in [-0.3, -0.25) is 0 Å². The summed E-state index contributed by atoms with van der Waals surface area (Å²) < 4.78 is 12.0. The van der Waals surface area contributed by atoms with Crippen LogP contribution >= 0.6 is 0 Å². The molecule has 22 heavy (non-hydrogen) atoms. The number of allylic oxidation sites excluding steroid dienone is 2. The Balaban J connectivity index is 1.77. The van der Waals surface area contributed by atoms with Crippen molar-refractivity contribution in [1.82, 2.24) is 0 Å². The molecule has 2 heterocycles. The lowest BCUT2D eigenvalue weighted by Gasteiger charge is -2.59. The molecule has 0 aromatic rings. The summed E-state index contributed by atoms with van der Waals surface area (Å²) in [5.41, 5.74) is 1.21. The van der Waals surface area contributed by atoms with Crippen LogP contribution in [-0.2, 0) is 9.47 Å². The molecule has 0 aromatic carbocycles. The highest BCUT2D eigenvalue weighted by Crippen LogP contribution is 2.63. The molecule has 3 heteroatoms. The smallest absolute Gasteiger partial charge is 0.159 e. The average molecular weight is 304 g/mol. The molecule has 7 atom stereocenters. The first-order valence-corrected chi connectivity index (χ1v) is 8.63. The van der Waals surface area contributed by atoms with Gasteiger partial charge in [0.2, 0.25) is 0 Å². The molecule has 1 N–H and O–H groups in total. The third-order valence-electron chi connectivity index (χ3n) is 7.07. The van der Waals surface area contributed by atoms with Gasteiger partial charge in [-0.1, -0.05) is 26.0 Å². The van der Waals surface area contributed by atoms with Crippen LogP contribution in [0.2, 0.25) is 0 Å². The summed E-state index contributed by atoms with van der Waals surface area (Å²) in [5, 5.41) is 10.8. The van der Waals surface area contributed by atoms with Crippen LogP contribution in [0.3, 0.4) is 0 Å². The summed E-state index contributed by atoms with van der Waals surface area (Å²) in [6.07, 6.45) is 7.92. The lowest BCUT2D eigenvalue weighted by Crippen LogP contribution is -2.59. The highest BCUT2D eigenvalue weighted by atomic mass is 16.7. The van der Waals surface area contributed by atoms with Crippen molar-refractivity contribution in [3.05, 3.63) is 24.3 Å². The maximum absolute atomic E-state index is 10.8. The second-order valence-electron chi connectivity index (χ2n) is 8.63. The SMILES string of the molecule is C=C[C@]1(C)C=C2[C@@H](CC1)[C@]1(C)C[C@H]3OC[C@](C)(O3)[C@H]1C[C@@H]2O. The standard InChI is InChI=1S/C19H28O3/c1-5-17(2)7-6-13-12(9-17)14(20)8-15-18(13,3)10-16-21-11-19(15,4)22-16/h5,9,13-16,20H,1,6-8,10-11H2,2-4H3/t13-,14+,15+,16+,17+,18+,19+/m1/s1. The lowest BCUT2D eigenvalue weighted by atomic mass is 9.49. The number of aliphatic hydroxyl groups is 1. The van der Waals surface area contributed by atoms with Gasteiger partial charge in [-0.2, -0.15) is 0 Å². The van der Waals surface area contributed by atoms with Crippen LogP contribution in [0.5, 0.6) is 0 Å². The first-order chi connectivity index (χ1) is 10.3. The molecule has 122 valence electrons. The molecule has 0 spiro atoms. The van der Waals surface area contributed by atoms with Gasteiger partial charge in [-0.05, 0) is 49.0 Å². The summed E-state index contributed by atoms with van der Waals surface area (Å²) >= 11 is 0. The number of ether oxygens (including phenoxy) is 2. The summed E-state index contributed by atoms with van der Waals surface area (Å²) in [6.45, 7) is 11.5. The molecule has 0 amide bonds. The van der Waals surface area contributed by atoms with Crippen molar-refractivity contribution in [3.63, 3.8) is 0 Å². The zero-order chi connectivity index (χ0) is 15.8. The van der Waals surface area contributed by atoms with Crippen LogP contribution < -0.4 is 0 Å². The van der Waals surface area contributed by atoms with Crippen molar-refractivity contribution in [3.8, 4) is 0 Å². The summed E-state index contributed by atoms with van der Waals surface area (Å²) in [6, 6.07) is 0. The zero-order valence-corrected chi connectivity index (χ0v) is 14.0. The van der Waals surface area contributed by atoms with Gasteiger partial charge in [0.05, 0.1) is 18.3 Å². The number of hydrogen-bond acceptors (Lipinski definition) is 3. The first-order valence-electron chi connectivity index (χ1n) is 8.63. The Labute approximate surface area is 133 Å². The van der Waals surface area contributed by atoms with Crippen molar-refractivity contribution in [2.75, 3.05) is 6.61 Å². The van der Waals surface area contributed by atoms with Crippen molar-refractivity contribution in [2.45, 2.75) is 64.4 Å². The van der Waals surface area contributed by atoms with Gasteiger partial charge >= 0.3 is 0 Å². The molecule has 4 aliphatic rings. The molecule has 0 aromatic heterocycles. The third kappa shape index (κ3) is 1.85. The van der Waals surface area contributed by atoms with Gasteiger partial charge in [0.15, 0.2) is 6.29 Å². The predicted octanol–water partition coefficient (Wildman–Crippen LogP) is 3.44. The van der Waals surface area contributed by atoms with E-state index < -0.39 is 0 Å². The maximum atomic E-state index is 10.8. The molecule has 4 rings (SSSR count). The minimum atomic E-state index is -0.347. The van der Waals surface area contributed by atoms with Gasteiger partial charge in [0.1, 0.15) is 0 Å². The van der Waals surface area contributed by atoms with Gasteiger partial charge in [-0.15, -0.1) is 6.58 Å². The van der Waals surface area contributed by atoms with Crippen LogP contribution in [-0.4, -0.2) is 29.7 Å². The number of fused-ring (bicyclic) bond motifs is 6. The van der Waals surface area contributed by atoms with Crippen molar-refractivity contribution < 1.29 is 14.6 Å².